The molecule has 0 bridgehead atoms. The van der Waals surface area contributed by atoms with Gasteiger partial charge >= 0.3 is 0 Å². The number of benzene rings is 1. The van der Waals surface area contributed by atoms with Crippen molar-refractivity contribution in [2.75, 3.05) is 0 Å². The minimum Gasteiger partial charge on any atom is -2.00 e. The van der Waals surface area contributed by atoms with Crippen LogP contribution in [-0.2, 0) is 28.0 Å². The third-order valence-corrected chi connectivity index (χ3v) is 1.45. The van der Waals surface area contributed by atoms with Crippen molar-refractivity contribution in [1.29, 1.82) is 0 Å². The first-order valence-electron chi connectivity index (χ1n) is 2.68. The molecular weight excluding hydrogens is 238 g/mol. The van der Waals surface area contributed by atoms with Gasteiger partial charge < -0.3 is 16.1 Å². The molecule has 0 saturated heterocycles. The fourth-order valence-electron chi connectivity index (χ4n) is 0.621. The van der Waals surface area contributed by atoms with Crippen LogP contribution in [0.5, 0.6) is 5.75 Å². The van der Waals surface area contributed by atoms with Crippen molar-refractivity contribution < 1.29 is 37.9 Å². The molecular formula is C7H5ClMnO4-4. The first-order chi connectivity index (χ1) is 4.74. The summed E-state index contributed by atoms with van der Waals surface area (Å²) in [5, 5.41) is 9.21. The zero-order valence-electron chi connectivity index (χ0n) is 6.24. The van der Waals surface area contributed by atoms with Crippen LogP contribution in [0.2, 0.25) is 5.02 Å². The SMILES string of the molecule is O=Cc1cc(O)ccc1Cl.[Mn].[O-2].[O-2]. The van der Waals surface area contributed by atoms with Gasteiger partial charge in [-0.3, -0.25) is 4.79 Å². The summed E-state index contributed by atoms with van der Waals surface area (Å²) in [7, 11) is 0. The van der Waals surface area contributed by atoms with Gasteiger partial charge in [0.25, 0.3) is 0 Å². The summed E-state index contributed by atoms with van der Waals surface area (Å²) in [6.45, 7) is 0. The Morgan fingerprint density at radius 2 is 1.85 bits per heavy atom. The van der Waals surface area contributed by atoms with Crippen LogP contribution < -0.4 is 0 Å². The minimum atomic E-state index is 0. The molecule has 0 heterocycles. The Hall–Kier alpha value is -0.581. The van der Waals surface area contributed by atoms with Gasteiger partial charge in [0.2, 0.25) is 0 Å². The summed E-state index contributed by atoms with van der Waals surface area (Å²) >= 11 is 5.55. The van der Waals surface area contributed by atoms with E-state index in [1.165, 1.54) is 18.2 Å². The van der Waals surface area contributed by atoms with Crippen LogP contribution in [0, 0.1) is 0 Å². The minimum absolute atomic E-state index is 0. The average molecular weight is 244 g/mol. The maximum Gasteiger partial charge on any atom is 0.151 e. The van der Waals surface area contributed by atoms with Gasteiger partial charge in [-0.25, -0.2) is 0 Å². The topological polar surface area (TPSA) is 94.3 Å². The van der Waals surface area contributed by atoms with Gasteiger partial charge in [-0.05, 0) is 18.2 Å². The maximum absolute atomic E-state index is 10.2. The molecule has 0 aliphatic rings. The molecule has 0 aromatic heterocycles. The number of hydrogen-bond donors (Lipinski definition) is 1. The van der Waals surface area contributed by atoms with Crippen molar-refractivity contribution in [3.63, 3.8) is 0 Å². The number of phenolic OH excluding ortho intramolecular Hbond substituents is 1. The molecule has 1 radical (unpaired) electrons. The van der Waals surface area contributed by atoms with Crippen molar-refractivity contribution in [3.8, 4) is 5.75 Å². The van der Waals surface area contributed by atoms with Crippen LogP contribution in [0.25, 0.3) is 0 Å². The molecule has 6 heteroatoms. The molecule has 0 spiro atoms. The Labute approximate surface area is 90.6 Å². The molecule has 0 fully saturated rings. The van der Waals surface area contributed by atoms with E-state index in [-0.39, 0.29) is 33.8 Å². The molecule has 13 heavy (non-hydrogen) atoms. The molecule has 75 valence electrons. The van der Waals surface area contributed by atoms with E-state index in [9.17, 15) is 4.79 Å². The number of carbonyl (C=O) groups excluding carboxylic acids is 1. The first-order valence-corrected chi connectivity index (χ1v) is 3.05. The summed E-state index contributed by atoms with van der Waals surface area (Å²) in [6.07, 6.45) is 0.599. The van der Waals surface area contributed by atoms with E-state index in [0.717, 1.165) is 0 Å². The van der Waals surface area contributed by atoms with Crippen LogP contribution in [-0.4, -0.2) is 11.4 Å². The third kappa shape index (κ3) is 4.87. The van der Waals surface area contributed by atoms with Crippen molar-refractivity contribution in [1.82, 2.24) is 0 Å². The summed E-state index contributed by atoms with van der Waals surface area (Å²) in [6, 6.07) is 4.21. The first kappa shape index (κ1) is 18.3. The molecule has 4 nitrogen and oxygen atoms in total. The van der Waals surface area contributed by atoms with Crippen molar-refractivity contribution in [3.05, 3.63) is 28.8 Å². The fraction of sp³-hybridized carbons (Fsp3) is 0. The van der Waals surface area contributed by atoms with Crippen molar-refractivity contribution in [2.24, 2.45) is 0 Å². The van der Waals surface area contributed by atoms with Crippen LogP contribution in [0.4, 0.5) is 0 Å². The smallest absolute Gasteiger partial charge is 0.151 e. The predicted octanol–water partition coefficient (Wildman–Crippen LogP) is 1.62. The van der Waals surface area contributed by atoms with Gasteiger partial charge in [0.15, 0.2) is 6.29 Å². The molecule has 0 aliphatic heterocycles. The molecule has 0 amide bonds. The van der Waals surface area contributed by atoms with E-state index < -0.39 is 0 Å². The monoisotopic (exact) mass is 243 g/mol. The zero-order valence-corrected chi connectivity index (χ0v) is 8.17. The Balaban J connectivity index is -0.000000333. The zero-order chi connectivity index (χ0) is 7.56. The Kier molecular flexibility index (Phi) is 11.3. The van der Waals surface area contributed by atoms with Gasteiger partial charge in [-0.15, -0.1) is 0 Å². The number of carbonyl (C=O) groups is 1. The standard InChI is InChI=1S/C7H5ClO2.Mn.2O/c8-7-2-1-6(10)3-5(7)4-9;;;/h1-4,10H;;;/q;;2*-2. The van der Waals surface area contributed by atoms with Crippen molar-refractivity contribution >= 4 is 17.9 Å². The van der Waals surface area contributed by atoms with Crippen LogP contribution in [0.1, 0.15) is 10.4 Å². The Morgan fingerprint density at radius 1 is 1.31 bits per heavy atom. The summed E-state index contributed by atoms with van der Waals surface area (Å²) in [4.78, 5) is 10.2. The second kappa shape index (κ2) is 8.04. The van der Waals surface area contributed by atoms with Gasteiger partial charge in [-0.2, -0.15) is 0 Å². The summed E-state index contributed by atoms with van der Waals surface area (Å²) < 4.78 is 0. The number of halogens is 1. The fourth-order valence-corrected chi connectivity index (χ4v) is 0.784. The van der Waals surface area contributed by atoms with E-state index in [1.807, 2.05) is 0 Å². The van der Waals surface area contributed by atoms with Crippen LogP contribution >= 0.6 is 11.6 Å². The molecule has 0 aliphatic carbocycles. The van der Waals surface area contributed by atoms with Crippen LogP contribution in [0.15, 0.2) is 18.2 Å². The van der Waals surface area contributed by atoms with Gasteiger partial charge in [0, 0.05) is 22.6 Å². The number of hydrogen-bond acceptors (Lipinski definition) is 2. The quantitative estimate of drug-likeness (QED) is 0.599. The number of aldehydes is 1. The molecule has 0 unspecified atom stereocenters. The third-order valence-electron chi connectivity index (χ3n) is 1.11. The average Bonchev–Trinajstić information content (AvgIpc) is 1.94. The maximum atomic E-state index is 10.2. The number of phenols is 1. The molecule has 0 saturated carbocycles. The molecule has 0 atom stereocenters. The van der Waals surface area contributed by atoms with Crippen molar-refractivity contribution in [2.45, 2.75) is 0 Å². The van der Waals surface area contributed by atoms with Gasteiger partial charge in [-0.1, -0.05) is 11.6 Å². The summed E-state index contributed by atoms with van der Waals surface area (Å²) in [5.41, 5.74) is 0.307. The Morgan fingerprint density at radius 3 is 2.23 bits per heavy atom. The second-order valence-corrected chi connectivity index (χ2v) is 2.23. The molecule has 1 N–H and O–H groups in total. The summed E-state index contributed by atoms with van der Waals surface area (Å²) in [5.74, 6) is 0.0477. The van der Waals surface area contributed by atoms with E-state index in [1.54, 1.807) is 0 Å². The molecule has 1 aromatic rings. The van der Waals surface area contributed by atoms with Crippen LogP contribution in [0.3, 0.4) is 0 Å². The van der Waals surface area contributed by atoms with E-state index in [4.69, 9.17) is 16.7 Å². The predicted molar refractivity (Wildman–Crippen MR) is 39.9 cm³/mol. The van der Waals surface area contributed by atoms with Gasteiger partial charge in [0.05, 0.1) is 5.02 Å². The van der Waals surface area contributed by atoms with Gasteiger partial charge in [0.1, 0.15) is 5.75 Å². The largest absolute Gasteiger partial charge is 2.00 e. The molecule has 1 aromatic carbocycles. The molecule has 1 rings (SSSR count). The normalized spacial score (nSPS) is 7.15. The van der Waals surface area contributed by atoms with E-state index >= 15 is 0 Å². The number of rotatable bonds is 1. The van der Waals surface area contributed by atoms with E-state index in [0.29, 0.717) is 16.9 Å². The van der Waals surface area contributed by atoms with E-state index in [2.05, 4.69) is 0 Å². The number of aromatic hydroxyl groups is 1. The second-order valence-electron chi connectivity index (χ2n) is 1.82. The Bertz CT molecular complexity index is 267.